The van der Waals surface area contributed by atoms with Crippen molar-refractivity contribution >= 4 is 20.0 Å². The van der Waals surface area contributed by atoms with E-state index in [4.69, 9.17) is 4.74 Å². The Morgan fingerprint density at radius 1 is 1.47 bits per heavy atom. The molecule has 1 saturated heterocycles. The highest BCUT2D eigenvalue weighted by molar-refractivity contribution is 6.83. The van der Waals surface area contributed by atoms with Gasteiger partial charge in [0.25, 0.3) is 0 Å². The molecule has 17 heavy (non-hydrogen) atoms. The summed E-state index contributed by atoms with van der Waals surface area (Å²) in [5.74, 6) is 2.30. The van der Waals surface area contributed by atoms with E-state index >= 15 is 0 Å². The van der Waals surface area contributed by atoms with Crippen LogP contribution in [0.15, 0.2) is 0 Å². The van der Waals surface area contributed by atoms with E-state index in [1.807, 2.05) is 0 Å². The van der Waals surface area contributed by atoms with E-state index in [0.29, 0.717) is 0 Å². The maximum atomic E-state index is 11.4. The van der Waals surface area contributed by atoms with Crippen molar-refractivity contribution in [1.29, 1.82) is 0 Å². The highest BCUT2D eigenvalue weighted by Gasteiger charge is 2.43. The third-order valence-corrected chi connectivity index (χ3v) is 3.31. The number of nitrogens with one attached hydrogen (secondary N) is 1. The van der Waals surface area contributed by atoms with Crippen LogP contribution in [-0.4, -0.2) is 32.1 Å². The molecule has 1 aliphatic heterocycles. The molecule has 0 aromatic carbocycles. The van der Waals surface area contributed by atoms with Crippen LogP contribution in [0.5, 0.6) is 0 Å². The molecule has 1 amide bonds. The first-order chi connectivity index (χ1) is 7.70. The normalized spacial score (nSPS) is 24.9. The fraction of sp³-hybridized carbons (Fsp3) is 0.667. The molecule has 1 fully saturated rings. The lowest BCUT2D eigenvalue weighted by Crippen LogP contribution is -2.61. The van der Waals surface area contributed by atoms with Crippen LogP contribution >= 0.6 is 0 Å². The molecule has 0 bridgehead atoms. The van der Waals surface area contributed by atoms with Crippen molar-refractivity contribution in [2.75, 3.05) is 0 Å². The van der Waals surface area contributed by atoms with E-state index in [1.165, 1.54) is 6.92 Å². The number of ether oxygens (including phenoxy) is 1. The minimum absolute atomic E-state index is 0.0892. The number of amides is 1. The van der Waals surface area contributed by atoms with Gasteiger partial charge < -0.3 is 10.1 Å². The molecular weight excluding hydrogens is 234 g/mol. The average Bonchev–Trinajstić information content (AvgIpc) is 2.08. The standard InChI is InChI=1S/C12H19NO3Si/c1-8(16-9(2)14)11-10(13-12(11)15)6-7-17(3,4)5/h8,10-11H,1-5H3,(H,13,15)/t8-,10+,11-/m0/s1. The van der Waals surface area contributed by atoms with Gasteiger partial charge in [0, 0.05) is 6.92 Å². The first kappa shape index (κ1) is 13.8. The van der Waals surface area contributed by atoms with E-state index in [1.54, 1.807) is 6.92 Å². The van der Waals surface area contributed by atoms with Gasteiger partial charge in [0.1, 0.15) is 26.1 Å². The third kappa shape index (κ3) is 3.90. The predicted molar refractivity (Wildman–Crippen MR) is 67.8 cm³/mol. The van der Waals surface area contributed by atoms with Crippen molar-refractivity contribution < 1.29 is 14.3 Å². The molecule has 3 atom stereocenters. The predicted octanol–water partition coefficient (Wildman–Crippen LogP) is 0.933. The van der Waals surface area contributed by atoms with Crippen LogP contribution in [-0.2, 0) is 14.3 Å². The van der Waals surface area contributed by atoms with Gasteiger partial charge in [-0.1, -0.05) is 25.6 Å². The summed E-state index contributed by atoms with van der Waals surface area (Å²) in [6, 6.07) is -0.177. The number of carbonyl (C=O) groups is 2. The average molecular weight is 253 g/mol. The van der Waals surface area contributed by atoms with Gasteiger partial charge in [0.15, 0.2) is 0 Å². The Hall–Kier alpha value is -1.28. The van der Waals surface area contributed by atoms with Crippen molar-refractivity contribution in [3.63, 3.8) is 0 Å². The molecule has 0 radical (unpaired) electrons. The number of hydrogen-bond acceptors (Lipinski definition) is 3. The molecule has 1 N–H and O–H groups in total. The van der Waals surface area contributed by atoms with Gasteiger partial charge in [-0.15, -0.1) is 5.54 Å². The molecule has 0 aliphatic carbocycles. The highest BCUT2D eigenvalue weighted by atomic mass is 28.3. The number of β-lactam (4-membered cyclic amide) rings is 1. The Morgan fingerprint density at radius 3 is 2.47 bits per heavy atom. The lowest BCUT2D eigenvalue weighted by Gasteiger charge is -2.36. The zero-order valence-electron chi connectivity index (χ0n) is 11.0. The number of hydrogen-bond donors (Lipinski definition) is 1. The van der Waals surface area contributed by atoms with Gasteiger partial charge in [-0.3, -0.25) is 9.59 Å². The molecule has 0 aromatic rings. The molecule has 1 rings (SSSR count). The van der Waals surface area contributed by atoms with Crippen LogP contribution in [0, 0.1) is 17.4 Å². The van der Waals surface area contributed by atoms with Gasteiger partial charge in [0.2, 0.25) is 5.91 Å². The van der Waals surface area contributed by atoms with Crippen LogP contribution in [0.3, 0.4) is 0 Å². The number of carbonyl (C=O) groups excluding carboxylic acids is 2. The molecule has 1 aliphatic rings. The van der Waals surface area contributed by atoms with Crippen LogP contribution in [0.25, 0.3) is 0 Å². The number of rotatable bonds is 2. The van der Waals surface area contributed by atoms with Crippen LogP contribution in [0.4, 0.5) is 0 Å². The van der Waals surface area contributed by atoms with Gasteiger partial charge in [-0.2, -0.15) is 0 Å². The van der Waals surface area contributed by atoms with Crippen molar-refractivity contribution in [3.8, 4) is 11.5 Å². The minimum Gasteiger partial charge on any atom is -0.462 e. The maximum absolute atomic E-state index is 11.4. The largest absolute Gasteiger partial charge is 0.462 e. The second-order valence-electron chi connectivity index (χ2n) is 5.35. The SMILES string of the molecule is CC(=O)O[C@@H](C)[C@@H]1C(=O)N[C@@H]1C#C[Si](C)(C)C. The molecule has 0 aromatic heterocycles. The molecule has 0 spiro atoms. The molecular formula is C12H19NO3Si. The summed E-state index contributed by atoms with van der Waals surface area (Å²) in [5, 5.41) is 2.74. The molecule has 0 saturated carbocycles. The van der Waals surface area contributed by atoms with Crippen LogP contribution < -0.4 is 5.32 Å². The fourth-order valence-corrected chi connectivity index (χ4v) is 2.22. The van der Waals surface area contributed by atoms with E-state index in [2.05, 4.69) is 36.4 Å². The lowest BCUT2D eigenvalue weighted by atomic mass is 9.86. The van der Waals surface area contributed by atoms with Crippen molar-refractivity contribution in [2.45, 2.75) is 45.6 Å². The Morgan fingerprint density at radius 2 is 2.06 bits per heavy atom. The lowest BCUT2D eigenvalue weighted by molar-refractivity contribution is -0.155. The summed E-state index contributed by atoms with van der Waals surface area (Å²) in [4.78, 5) is 22.3. The van der Waals surface area contributed by atoms with Gasteiger partial charge >= 0.3 is 5.97 Å². The van der Waals surface area contributed by atoms with Gasteiger partial charge in [0.05, 0.1) is 0 Å². The molecule has 1 heterocycles. The molecule has 4 nitrogen and oxygen atoms in total. The zero-order chi connectivity index (χ0) is 13.2. The summed E-state index contributed by atoms with van der Waals surface area (Å²) in [6.45, 7) is 9.50. The quantitative estimate of drug-likeness (QED) is 0.345. The fourth-order valence-electron chi connectivity index (χ4n) is 1.63. The van der Waals surface area contributed by atoms with E-state index < -0.39 is 14.2 Å². The highest BCUT2D eigenvalue weighted by Crippen LogP contribution is 2.21. The minimum atomic E-state index is -1.44. The summed E-state index contributed by atoms with van der Waals surface area (Å²) < 4.78 is 5.03. The summed E-state index contributed by atoms with van der Waals surface area (Å²) in [6.07, 6.45) is -0.415. The molecule has 94 valence electrons. The maximum Gasteiger partial charge on any atom is 0.302 e. The summed E-state index contributed by atoms with van der Waals surface area (Å²) in [7, 11) is -1.44. The number of esters is 1. The summed E-state index contributed by atoms with van der Waals surface area (Å²) >= 11 is 0. The monoisotopic (exact) mass is 253 g/mol. The van der Waals surface area contributed by atoms with Crippen LogP contribution in [0.1, 0.15) is 13.8 Å². The van der Waals surface area contributed by atoms with E-state index in [-0.39, 0.29) is 23.8 Å². The Bertz CT molecular complexity index is 389. The first-order valence-electron chi connectivity index (χ1n) is 5.71. The topological polar surface area (TPSA) is 55.4 Å². The Labute approximate surface area is 103 Å². The van der Waals surface area contributed by atoms with Crippen molar-refractivity contribution in [3.05, 3.63) is 0 Å². The van der Waals surface area contributed by atoms with Gasteiger partial charge in [-0.25, -0.2) is 0 Å². The summed E-state index contributed by atoms with van der Waals surface area (Å²) in [5.41, 5.74) is 3.22. The van der Waals surface area contributed by atoms with Gasteiger partial charge in [-0.05, 0) is 6.92 Å². The Balaban J connectivity index is 2.67. The second-order valence-corrected chi connectivity index (χ2v) is 10.1. The van der Waals surface area contributed by atoms with E-state index in [9.17, 15) is 9.59 Å². The van der Waals surface area contributed by atoms with E-state index in [0.717, 1.165) is 0 Å². The first-order valence-corrected chi connectivity index (χ1v) is 9.21. The molecule has 0 unspecified atom stereocenters. The zero-order valence-corrected chi connectivity index (χ0v) is 12.0. The smallest absolute Gasteiger partial charge is 0.302 e. The second kappa shape index (κ2) is 4.92. The van der Waals surface area contributed by atoms with Crippen molar-refractivity contribution in [1.82, 2.24) is 5.32 Å². The van der Waals surface area contributed by atoms with Crippen LogP contribution in [0.2, 0.25) is 19.6 Å². The third-order valence-electron chi connectivity index (χ3n) is 2.42. The van der Waals surface area contributed by atoms with Crippen molar-refractivity contribution in [2.24, 2.45) is 5.92 Å². The Kier molecular flexibility index (Phi) is 3.99. The molecule has 5 heteroatoms.